The van der Waals surface area contributed by atoms with E-state index in [0.29, 0.717) is 11.1 Å². The summed E-state index contributed by atoms with van der Waals surface area (Å²) in [7, 11) is 0. The molecular formula is C36H52N2O5. The Morgan fingerprint density at radius 1 is 0.674 bits per heavy atom. The number of carbonyl (C=O) groups is 5. The summed E-state index contributed by atoms with van der Waals surface area (Å²) in [6, 6.07) is 7.93. The Labute approximate surface area is 258 Å². The van der Waals surface area contributed by atoms with Gasteiger partial charge in [0.25, 0.3) is 0 Å². The van der Waals surface area contributed by atoms with Crippen molar-refractivity contribution in [2.75, 3.05) is 13.1 Å². The fraction of sp³-hybridized carbons (Fsp3) is 0.500. The van der Waals surface area contributed by atoms with Crippen molar-refractivity contribution in [1.29, 1.82) is 0 Å². The number of hydrogen-bond acceptors (Lipinski definition) is 7. The molecule has 0 amide bonds. The van der Waals surface area contributed by atoms with Gasteiger partial charge in [-0.3, -0.25) is 24.2 Å². The van der Waals surface area contributed by atoms with E-state index < -0.39 is 23.1 Å². The highest BCUT2D eigenvalue weighted by atomic mass is 16.2. The van der Waals surface area contributed by atoms with Crippen molar-refractivity contribution in [2.45, 2.75) is 94.9 Å². The Kier molecular flexibility index (Phi) is 18.7. The molecule has 2 rings (SSSR count). The lowest BCUT2D eigenvalue weighted by Gasteiger charge is -2.12. The number of hydrogen-bond donors (Lipinski definition) is 1. The number of carbonyl (C=O) groups excluding carboxylic acids is 5. The molecule has 0 heterocycles. The molecule has 0 aromatic heterocycles. The van der Waals surface area contributed by atoms with Crippen LogP contribution in [0.2, 0.25) is 0 Å². The zero-order valence-electron chi connectivity index (χ0n) is 27.9. The number of aryl methyl sites for hydroxylation is 6. The monoisotopic (exact) mass is 592 g/mol. The van der Waals surface area contributed by atoms with Crippen LogP contribution in [-0.2, 0) is 40.1 Å². The predicted octanol–water partition coefficient (Wildman–Crippen LogP) is 6.27. The number of rotatable bonds is 13. The average molecular weight is 593 g/mol. The first-order valence-corrected chi connectivity index (χ1v) is 15.3. The zero-order chi connectivity index (χ0) is 33.3. The zero-order valence-corrected chi connectivity index (χ0v) is 27.9. The third-order valence-corrected chi connectivity index (χ3v) is 6.47. The van der Waals surface area contributed by atoms with Crippen LogP contribution in [0.1, 0.15) is 109 Å². The van der Waals surface area contributed by atoms with E-state index in [4.69, 9.17) is 5.73 Å². The minimum atomic E-state index is -0.516. The maximum atomic E-state index is 12.5. The largest absolute Gasteiger partial charge is 0.324 e. The standard InChI is InChI=1S/C18H25NO2.C14H19NO2.C4H8O/c1-6-14-8-13(5)9-15(7-2)17(14)18(21)16(20)11-19-10-12(3)4;1-4-10-6-9(3)7-11(5-2)13(10)14(17)12(16)8-15;1-4(2)3-5/h8-10,12H,6-7,11H2,1-5H3;6-7H,4-5,8,15H2,1-3H3;3-4H,1-2H3. The third-order valence-electron chi connectivity index (χ3n) is 6.47. The lowest BCUT2D eigenvalue weighted by atomic mass is 9.91. The van der Waals surface area contributed by atoms with Gasteiger partial charge < -0.3 is 10.5 Å². The van der Waals surface area contributed by atoms with E-state index in [1.54, 1.807) is 6.21 Å². The van der Waals surface area contributed by atoms with E-state index in [2.05, 4.69) is 4.99 Å². The molecule has 0 fully saturated rings. The van der Waals surface area contributed by atoms with E-state index in [1.165, 1.54) is 0 Å². The Bertz CT molecular complexity index is 1240. The second kappa shape index (κ2) is 20.3. The highest BCUT2D eigenvalue weighted by Gasteiger charge is 2.22. The summed E-state index contributed by atoms with van der Waals surface area (Å²) in [6.45, 7) is 19.4. The number of nitrogens with two attached hydrogens (primary N) is 1. The molecule has 0 aliphatic rings. The van der Waals surface area contributed by atoms with Crippen molar-refractivity contribution in [3.63, 3.8) is 0 Å². The molecule has 7 heteroatoms. The van der Waals surface area contributed by atoms with Crippen LogP contribution in [0.4, 0.5) is 0 Å². The summed E-state index contributed by atoms with van der Waals surface area (Å²) in [5.74, 6) is -1.30. The molecule has 0 bridgehead atoms. The molecule has 0 spiro atoms. The van der Waals surface area contributed by atoms with Gasteiger partial charge in [-0.15, -0.1) is 0 Å². The molecule has 7 nitrogen and oxygen atoms in total. The number of aliphatic imine (C=N–C) groups is 1. The Morgan fingerprint density at radius 2 is 1.00 bits per heavy atom. The van der Waals surface area contributed by atoms with Gasteiger partial charge in [0.15, 0.2) is 0 Å². The van der Waals surface area contributed by atoms with Gasteiger partial charge in [-0.25, -0.2) is 0 Å². The topological polar surface area (TPSA) is 124 Å². The Balaban J connectivity index is 0.000000720. The number of benzene rings is 2. The number of nitrogens with zero attached hydrogens (tertiary/aromatic N) is 1. The molecule has 236 valence electrons. The van der Waals surface area contributed by atoms with Crippen molar-refractivity contribution in [3.8, 4) is 0 Å². The van der Waals surface area contributed by atoms with E-state index in [9.17, 15) is 24.0 Å². The highest BCUT2D eigenvalue weighted by molar-refractivity contribution is 6.45. The van der Waals surface area contributed by atoms with Crippen LogP contribution < -0.4 is 5.73 Å². The van der Waals surface area contributed by atoms with Crippen molar-refractivity contribution < 1.29 is 24.0 Å². The second-order valence-electron chi connectivity index (χ2n) is 11.2. The lowest BCUT2D eigenvalue weighted by Crippen LogP contribution is -2.25. The van der Waals surface area contributed by atoms with Crippen LogP contribution >= 0.6 is 0 Å². The van der Waals surface area contributed by atoms with E-state index in [0.717, 1.165) is 65.4 Å². The van der Waals surface area contributed by atoms with Crippen LogP contribution in [0.5, 0.6) is 0 Å². The minimum Gasteiger partial charge on any atom is -0.324 e. The van der Waals surface area contributed by atoms with Crippen molar-refractivity contribution in [3.05, 3.63) is 68.8 Å². The molecule has 2 aromatic rings. The number of Topliss-reactive ketones (excluding diaryl/α,β-unsaturated/α-hetero) is 4. The fourth-order valence-corrected chi connectivity index (χ4v) is 4.37. The Morgan fingerprint density at radius 3 is 1.26 bits per heavy atom. The van der Waals surface area contributed by atoms with E-state index in [1.807, 2.05) is 93.5 Å². The molecule has 0 aliphatic carbocycles. The third kappa shape index (κ3) is 13.1. The minimum absolute atomic E-state index is 0.0583. The van der Waals surface area contributed by atoms with Crippen LogP contribution in [0.25, 0.3) is 0 Å². The second-order valence-corrected chi connectivity index (χ2v) is 11.2. The maximum Gasteiger partial charge on any atom is 0.231 e. The lowest BCUT2D eigenvalue weighted by molar-refractivity contribution is -0.114. The molecule has 0 atom stereocenters. The van der Waals surface area contributed by atoms with Gasteiger partial charge >= 0.3 is 0 Å². The van der Waals surface area contributed by atoms with Crippen LogP contribution in [0.15, 0.2) is 29.3 Å². The van der Waals surface area contributed by atoms with Gasteiger partial charge in [-0.2, -0.15) is 0 Å². The first-order valence-electron chi connectivity index (χ1n) is 15.3. The van der Waals surface area contributed by atoms with Gasteiger partial charge in [-0.1, -0.05) is 90.8 Å². The molecule has 0 radical (unpaired) electrons. The predicted molar refractivity (Wildman–Crippen MR) is 177 cm³/mol. The normalized spacial score (nSPS) is 10.6. The average Bonchev–Trinajstić information content (AvgIpc) is 2.98. The molecule has 0 saturated carbocycles. The van der Waals surface area contributed by atoms with Crippen molar-refractivity contribution in [2.24, 2.45) is 22.6 Å². The van der Waals surface area contributed by atoms with Gasteiger partial charge in [0.2, 0.25) is 23.1 Å². The van der Waals surface area contributed by atoms with Crippen molar-refractivity contribution in [1.82, 2.24) is 0 Å². The van der Waals surface area contributed by atoms with Crippen molar-refractivity contribution >= 4 is 35.6 Å². The molecule has 43 heavy (non-hydrogen) atoms. The molecule has 2 aromatic carbocycles. The summed E-state index contributed by atoms with van der Waals surface area (Å²) in [6.07, 6.45) is 5.61. The number of aldehydes is 1. The van der Waals surface area contributed by atoms with Gasteiger partial charge in [0.1, 0.15) is 12.8 Å². The van der Waals surface area contributed by atoms with Crippen LogP contribution in [0.3, 0.4) is 0 Å². The fourth-order valence-electron chi connectivity index (χ4n) is 4.37. The maximum absolute atomic E-state index is 12.5. The smallest absolute Gasteiger partial charge is 0.231 e. The van der Waals surface area contributed by atoms with Crippen LogP contribution in [-0.4, -0.2) is 48.7 Å². The Hall–Kier alpha value is -3.58. The van der Waals surface area contributed by atoms with Gasteiger partial charge in [0.05, 0.1) is 6.54 Å². The van der Waals surface area contributed by atoms with Gasteiger partial charge in [-0.05, 0) is 67.7 Å². The summed E-state index contributed by atoms with van der Waals surface area (Å²) in [5, 5.41) is 0. The first-order chi connectivity index (χ1) is 20.2. The van der Waals surface area contributed by atoms with E-state index in [-0.39, 0.29) is 24.9 Å². The molecule has 0 saturated heterocycles. The summed E-state index contributed by atoms with van der Waals surface area (Å²) in [5.41, 5.74) is 12.5. The molecule has 0 unspecified atom stereocenters. The summed E-state index contributed by atoms with van der Waals surface area (Å²) in [4.78, 5) is 61.6. The van der Waals surface area contributed by atoms with Gasteiger partial charge in [0, 0.05) is 23.3 Å². The van der Waals surface area contributed by atoms with E-state index >= 15 is 0 Å². The molecule has 2 N–H and O–H groups in total. The molecular weight excluding hydrogens is 540 g/mol. The van der Waals surface area contributed by atoms with Crippen LogP contribution in [0, 0.1) is 25.7 Å². The highest BCUT2D eigenvalue weighted by Crippen LogP contribution is 2.21. The SMILES string of the molecule is CC(C)C=O.CCc1cc(C)cc(CC)c1C(=O)C(=O)CN.CCc1cc(C)cc(CC)c1C(=O)C(=O)CN=CC(C)C. The first kappa shape index (κ1) is 39.4. The number of ketones is 4. The summed E-state index contributed by atoms with van der Waals surface area (Å²) < 4.78 is 0. The quantitative estimate of drug-likeness (QED) is 0.127. The molecule has 0 aliphatic heterocycles. The summed E-state index contributed by atoms with van der Waals surface area (Å²) >= 11 is 0.